The van der Waals surface area contributed by atoms with Gasteiger partial charge in [0.25, 0.3) is 0 Å². The highest BCUT2D eigenvalue weighted by molar-refractivity contribution is 4.75. The fourth-order valence-electron chi connectivity index (χ4n) is 1.65. The average molecular weight is 156 g/mol. The number of likely N-dealkylation sites (tertiary alicyclic amines) is 1. The fourth-order valence-corrected chi connectivity index (χ4v) is 1.65. The van der Waals surface area contributed by atoms with Gasteiger partial charge in [-0.05, 0) is 25.3 Å². The van der Waals surface area contributed by atoms with Crippen LogP contribution >= 0.6 is 0 Å². The largest absolute Gasteiger partial charge is 0.327 e. The fraction of sp³-hybridized carbons (Fsp3) is 1.00. The standard InChI is InChI=1S/C9H20N2/c1-3-9(10)7-11-5-4-8(2)6-11/h8-9H,3-7,10H2,1-2H3/t8?,9-/m1/s1. The molecule has 2 nitrogen and oxygen atoms in total. The highest BCUT2D eigenvalue weighted by atomic mass is 15.2. The Bertz CT molecular complexity index is 114. The molecule has 0 amide bonds. The molecule has 0 aliphatic carbocycles. The zero-order chi connectivity index (χ0) is 8.27. The van der Waals surface area contributed by atoms with Gasteiger partial charge in [-0.15, -0.1) is 0 Å². The van der Waals surface area contributed by atoms with Crippen molar-refractivity contribution in [3.63, 3.8) is 0 Å². The first-order valence-electron chi connectivity index (χ1n) is 4.70. The van der Waals surface area contributed by atoms with Crippen LogP contribution in [0.3, 0.4) is 0 Å². The number of hydrogen-bond donors (Lipinski definition) is 1. The van der Waals surface area contributed by atoms with Gasteiger partial charge in [0.05, 0.1) is 0 Å². The van der Waals surface area contributed by atoms with Crippen LogP contribution in [0.2, 0.25) is 0 Å². The van der Waals surface area contributed by atoms with Gasteiger partial charge in [-0.1, -0.05) is 13.8 Å². The molecule has 66 valence electrons. The maximum absolute atomic E-state index is 5.86. The van der Waals surface area contributed by atoms with Gasteiger partial charge in [-0.3, -0.25) is 0 Å². The molecule has 1 aliphatic heterocycles. The van der Waals surface area contributed by atoms with Crippen molar-refractivity contribution in [2.45, 2.75) is 32.7 Å². The topological polar surface area (TPSA) is 29.3 Å². The molecule has 1 heterocycles. The molecule has 0 spiro atoms. The Kier molecular flexibility index (Phi) is 3.34. The quantitative estimate of drug-likeness (QED) is 0.662. The summed E-state index contributed by atoms with van der Waals surface area (Å²) in [7, 11) is 0. The molecule has 2 atom stereocenters. The summed E-state index contributed by atoms with van der Waals surface area (Å²) in [4.78, 5) is 2.48. The summed E-state index contributed by atoms with van der Waals surface area (Å²) in [5, 5.41) is 0. The van der Waals surface area contributed by atoms with Gasteiger partial charge in [0, 0.05) is 19.1 Å². The smallest absolute Gasteiger partial charge is 0.0165 e. The lowest BCUT2D eigenvalue weighted by atomic mass is 10.2. The molecule has 1 rings (SSSR count). The van der Waals surface area contributed by atoms with Crippen LogP contribution in [0.5, 0.6) is 0 Å². The Hall–Kier alpha value is -0.0800. The van der Waals surface area contributed by atoms with E-state index in [0.717, 1.165) is 18.9 Å². The molecule has 0 aromatic carbocycles. The Morgan fingerprint density at radius 1 is 1.64 bits per heavy atom. The summed E-state index contributed by atoms with van der Waals surface area (Å²) < 4.78 is 0. The van der Waals surface area contributed by atoms with Crippen LogP contribution in [-0.4, -0.2) is 30.6 Å². The van der Waals surface area contributed by atoms with Crippen LogP contribution in [0.1, 0.15) is 26.7 Å². The summed E-state index contributed by atoms with van der Waals surface area (Å²) in [6.45, 7) is 8.09. The maximum Gasteiger partial charge on any atom is 0.0165 e. The van der Waals surface area contributed by atoms with E-state index in [-0.39, 0.29) is 0 Å². The van der Waals surface area contributed by atoms with Crippen molar-refractivity contribution in [3.05, 3.63) is 0 Å². The number of rotatable bonds is 3. The minimum Gasteiger partial charge on any atom is -0.327 e. The minimum atomic E-state index is 0.389. The van der Waals surface area contributed by atoms with Crippen LogP contribution in [0.25, 0.3) is 0 Å². The molecule has 0 aromatic heterocycles. The summed E-state index contributed by atoms with van der Waals surface area (Å²) in [5.74, 6) is 0.888. The zero-order valence-corrected chi connectivity index (χ0v) is 7.71. The number of hydrogen-bond acceptors (Lipinski definition) is 2. The monoisotopic (exact) mass is 156 g/mol. The van der Waals surface area contributed by atoms with E-state index in [1.54, 1.807) is 0 Å². The van der Waals surface area contributed by atoms with E-state index in [2.05, 4.69) is 18.7 Å². The lowest BCUT2D eigenvalue weighted by Crippen LogP contribution is -2.35. The Labute approximate surface area is 69.8 Å². The van der Waals surface area contributed by atoms with Crippen molar-refractivity contribution < 1.29 is 0 Å². The van der Waals surface area contributed by atoms with Gasteiger partial charge in [-0.2, -0.15) is 0 Å². The maximum atomic E-state index is 5.86. The van der Waals surface area contributed by atoms with E-state index in [4.69, 9.17) is 5.73 Å². The molecular formula is C9H20N2. The van der Waals surface area contributed by atoms with Gasteiger partial charge >= 0.3 is 0 Å². The highest BCUT2D eigenvalue weighted by Crippen LogP contribution is 2.14. The van der Waals surface area contributed by atoms with E-state index in [0.29, 0.717) is 6.04 Å². The molecule has 1 aliphatic rings. The molecule has 0 saturated carbocycles. The highest BCUT2D eigenvalue weighted by Gasteiger charge is 2.19. The summed E-state index contributed by atoms with van der Waals surface area (Å²) in [5.41, 5.74) is 5.86. The van der Waals surface area contributed by atoms with Gasteiger partial charge in [0.1, 0.15) is 0 Å². The van der Waals surface area contributed by atoms with Gasteiger partial charge < -0.3 is 10.6 Å². The SMILES string of the molecule is CC[C@@H](N)CN1CCC(C)C1. The van der Waals surface area contributed by atoms with Crippen molar-refractivity contribution in [1.29, 1.82) is 0 Å². The van der Waals surface area contributed by atoms with E-state index in [1.165, 1.54) is 19.5 Å². The number of nitrogens with two attached hydrogens (primary N) is 1. The predicted octanol–water partition coefficient (Wildman–Crippen LogP) is 1.07. The van der Waals surface area contributed by atoms with E-state index in [9.17, 15) is 0 Å². The van der Waals surface area contributed by atoms with Crippen LogP contribution in [-0.2, 0) is 0 Å². The van der Waals surface area contributed by atoms with Gasteiger partial charge in [-0.25, -0.2) is 0 Å². The van der Waals surface area contributed by atoms with Crippen LogP contribution < -0.4 is 5.73 Å². The molecular weight excluding hydrogens is 136 g/mol. The van der Waals surface area contributed by atoms with Crippen molar-refractivity contribution >= 4 is 0 Å². The van der Waals surface area contributed by atoms with Crippen molar-refractivity contribution in [2.24, 2.45) is 11.7 Å². The summed E-state index contributed by atoms with van der Waals surface area (Å²) >= 11 is 0. The van der Waals surface area contributed by atoms with Crippen molar-refractivity contribution in [3.8, 4) is 0 Å². The third-order valence-electron chi connectivity index (χ3n) is 2.53. The molecule has 0 radical (unpaired) electrons. The molecule has 2 heteroatoms. The average Bonchev–Trinajstić information content (AvgIpc) is 2.35. The second-order valence-electron chi connectivity index (χ2n) is 3.82. The molecule has 1 saturated heterocycles. The molecule has 0 bridgehead atoms. The Morgan fingerprint density at radius 2 is 2.36 bits per heavy atom. The lowest BCUT2D eigenvalue weighted by molar-refractivity contribution is 0.302. The molecule has 11 heavy (non-hydrogen) atoms. The second-order valence-corrected chi connectivity index (χ2v) is 3.82. The second kappa shape index (κ2) is 4.07. The van der Waals surface area contributed by atoms with E-state index < -0.39 is 0 Å². The minimum absolute atomic E-state index is 0.389. The lowest BCUT2D eigenvalue weighted by Gasteiger charge is -2.19. The Morgan fingerprint density at radius 3 is 2.82 bits per heavy atom. The first-order valence-corrected chi connectivity index (χ1v) is 4.70. The number of nitrogens with zero attached hydrogens (tertiary/aromatic N) is 1. The third-order valence-corrected chi connectivity index (χ3v) is 2.53. The first kappa shape index (κ1) is 9.01. The normalized spacial score (nSPS) is 29.2. The molecule has 2 N–H and O–H groups in total. The first-order chi connectivity index (χ1) is 5.22. The molecule has 1 unspecified atom stereocenters. The predicted molar refractivity (Wildman–Crippen MR) is 48.5 cm³/mol. The Balaban J connectivity index is 2.17. The zero-order valence-electron chi connectivity index (χ0n) is 7.71. The molecule has 1 fully saturated rings. The van der Waals surface area contributed by atoms with Crippen molar-refractivity contribution in [2.75, 3.05) is 19.6 Å². The van der Waals surface area contributed by atoms with Crippen LogP contribution in [0, 0.1) is 5.92 Å². The van der Waals surface area contributed by atoms with Crippen LogP contribution in [0.4, 0.5) is 0 Å². The van der Waals surface area contributed by atoms with Crippen molar-refractivity contribution in [1.82, 2.24) is 4.90 Å². The third kappa shape index (κ3) is 2.80. The van der Waals surface area contributed by atoms with E-state index in [1.807, 2.05) is 0 Å². The van der Waals surface area contributed by atoms with E-state index >= 15 is 0 Å². The molecule has 0 aromatic rings. The summed E-state index contributed by atoms with van der Waals surface area (Å²) in [6.07, 6.45) is 2.46. The van der Waals surface area contributed by atoms with Gasteiger partial charge in [0.15, 0.2) is 0 Å². The van der Waals surface area contributed by atoms with Gasteiger partial charge in [0.2, 0.25) is 0 Å². The summed E-state index contributed by atoms with van der Waals surface area (Å²) in [6, 6.07) is 0.389. The van der Waals surface area contributed by atoms with Crippen LogP contribution in [0.15, 0.2) is 0 Å².